The Morgan fingerprint density at radius 3 is 2.46 bits per heavy atom. The first-order chi connectivity index (χ1) is 13.3. The second-order valence-corrected chi connectivity index (χ2v) is 6.00. The minimum atomic E-state index is -0.871. The minimum Gasteiger partial charge on any atom is -0.459 e. The summed E-state index contributed by atoms with van der Waals surface area (Å²) in [5.74, 6) is -2.67. The van der Waals surface area contributed by atoms with E-state index in [0.717, 1.165) is 0 Å². The molecule has 28 heavy (non-hydrogen) atoms. The summed E-state index contributed by atoms with van der Waals surface area (Å²) in [6.07, 6.45) is 0. The molecule has 1 aromatic rings. The zero-order valence-electron chi connectivity index (χ0n) is 15.5. The van der Waals surface area contributed by atoms with Crippen molar-refractivity contribution in [3.05, 3.63) is 70.6 Å². The summed E-state index contributed by atoms with van der Waals surface area (Å²) in [7, 11) is 0. The van der Waals surface area contributed by atoms with Crippen molar-refractivity contribution in [2.75, 3.05) is 13.2 Å². The Labute approximate surface area is 161 Å². The van der Waals surface area contributed by atoms with Crippen molar-refractivity contribution in [2.45, 2.75) is 19.8 Å². The Bertz CT molecular complexity index is 910. The fraction of sp³-hybridized carbons (Fsp3) is 0.250. The van der Waals surface area contributed by atoms with Crippen LogP contribution < -0.4 is 5.73 Å². The first kappa shape index (κ1) is 20.7. The van der Waals surface area contributed by atoms with Gasteiger partial charge in [0.05, 0.1) is 11.5 Å². The maximum Gasteiger partial charge on any atom is 0.338 e. The quantitative estimate of drug-likeness (QED) is 0.454. The maximum absolute atomic E-state index is 13.3. The number of nitriles is 1. The van der Waals surface area contributed by atoms with Gasteiger partial charge in [0, 0.05) is 5.57 Å². The smallest absolute Gasteiger partial charge is 0.338 e. The van der Waals surface area contributed by atoms with E-state index in [-0.39, 0.29) is 41.6 Å². The van der Waals surface area contributed by atoms with E-state index < -0.39 is 23.7 Å². The van der Waals surface area contributed by atoms with Crippen LogP contribution in [0.15, 0.2) is 59.2 Å². The molecule has 0 radical (unpaired) electrons. The van der Waals surface area contributed by atoms with E-state index >= 15 is 0 Å². The average molecular weight is 386 g/mol. The lowest BCUT2D eigenvalue weighted by molar-refractivity contribution is -0.147. The van der Waals surface area contributed by atoms with Gasteiger partial charge >= 0.3 is 11.9 Å². The third-order valence-corrected chi connectivity index (χ3v) is 3.93. The van der Waals surface area contributed by atoms with Crippen LogP contribution in [-0.4, -0.2) is 25.2 Å². The van der Waals surface area contributed by atoms with Gasteiger partial charge in [-0.1, -0.05) is 18.7 Å². The molecule has 1 heterocycles. The number of allylic oxidation sites excluding steroid dienone is 2. The Kier molecular flexibility index (Phi) is 6.55. The molecular formula is C20H19FN2O5. The summed E-state index contributed by atoms with van der Waals surface area (Å²) in [4.78, 5) is 24.0. The number of rotatable bonds is 6. The lowest BCUT2D eigenvalue weighted by Crippen LogP contribution is -2.26. The number of carbonyl (C=O) groups excluding carboxylic acids is 2. The van der Waals surface area contributed by atoms with Crippen molar-refractivity contribution < 1.29 is 28.2 Å². The number of carbonyl (C=O) groups is 2. The van der Waals surface area contributed by atoms with E-state index in [9.17, 15) is 19.2 Å². The summed E-state index contributed by atoms with van der Waals surface area (Å²) in [5, 5.41) is 9.48. The molecule has 1 aliphatic rings. The standard InChI is InChI=1S/C20H19FN2O5/c1-11(2)19(24)26-8-9-27-20(25)16-12(3)28-18(23)15(10-22)17(16)13-4-6-14(21)7-5-13/h4-7,17H,1,8-9,23H2,2-3H3. The average Bonchev–Trinajstić information content (AvgIpc) is 2.64. The molecule has 0 saturated carbocycles. The number of hydrogen-bond donors (Lipinski definition) is 1. The first-order valence-electron chi connectivity index (χ1n) is 8.29. The fourth-order valence-electron chi connectivity index (χ4n) is 2.60. The van der Waals surface area contributed by atoms with Crippen LogP contribution in [0.3, 0.4) is 0 Å². The van der Waals surface area contributed by atoms with Gasteiger partial charge in [-0.05, 0) is 31.5 Å². The van der Waals surface area contributed by atoms with Gasteiger partial charge in [0.1, 0.15) is 36.4 Å². The van der Waals surface area contributed by atoms with Gasteiger partial charge in [0.15, 0.2) is 0 Å². The molecule has 0 fully saturated rings. The molecule has 0 aliphatic carbocycles. The monoisotopic (exact) mass is 386 g/mol. The van der Waals surface area contributed by atoms with Gasteiger partial charge in [-0.2, -0.15) is 5.26 Å². The molecule has 8 heteroatoms. The third-order valence-electron chi connectivity index (χ3n) is 3.93. The molecule has 1 aliphatic heterocycles. The van der Waals surface area contributed by atoms with Crippen molar-refractivity contribution in [1.29, 1.82) is 5.26 Å². The second kappa shape index (κ2) is 8.86. The number of ether oxygens (including phenoxy) is 3. The van der Waals surface area contributed by atoms with E-state index in [1.54, 1.807) is 0 Å². The molecule has 146 valence electrons. The lowest BCUT2D eigenvalue weighted by Gasteiger charge is -2.26. The number of nitrogens with two attached hydrogens (primary N) is 1. The molecule has 2 N–H and O–H groups in total. The van der Waals surface area contributed by atoms with Gasteiger partial charge in [0.2, 0.25) is 5.88 Å². The molecule has 0 saturated heterocycles. The van der Waals surface area contributed by atoms with E-state index in [0.29, 0.717) is 5.56 Å². The highest BCUT2D eigenvalue weighted by Gasteiger charge is 2.36. The normalized spacial score (nSPS) is 16.1. The molecule has 1 aromatic carbocycles. The van der Waals surface area contributed by atoms with Crippen LogP contribution in [0.4, 0.5) is 4.39 Å². The van der Waals surface area contributed by atoms with E-state index in [1.165, 1.54) is 38.1 Å². The van der Waals surface area contributed by atoms with E-state index in [4.69, 9.17) is 19.9 Å². The van der Waals surface area contributed by atoms with Crippen LogP contribution in [0, 0.1) is 17.1 Å². The predicted molar refractivity (Wildman–Crippen MR) is 96.5 cm³/mol. The van der Waals surface area contributed by atoms with Crippen molar-refractivity contribution in [3.8, 4) is 6.07 Å². The van der Waals surface area contributed by atoms with Gasteiger partial charge in [-0.15, -0.1) is 0 Å². The van der Waals surface area contributed by atoms with E-state index in [2.05, 4.69) is 6.58 Å². The highest BCUT2D eigenvalue weighted by atomic mass is 19.1. The third kappa shape index (κ3) is 4.57. The summed E-state index contributed by atoms with van der Waals surface area (Å²) < 4.78 is 28.6. The van der Waals surface area contributed by atoms with Crippen LogP contribution in [0.25, 0.3) is 0 Å². The fourth-order valence-corrected chi connectivity index (χ4v) is 2.60. The zero-order chi connectivity index (χ0) is 20.8. The lowest BCUT2D eigenvalue weighted by atomic mass is 9.83. The van der Waals surface area contributed by atoms with E-state index in [1.807, 2.05) is 6.07 Å². The first-order valence-corrected chi connectivity index (χ1v) is 8.29. The number of hydrogen-bond acceptors (Lipinski definition) is 7. The molecule has 0 aromatic heterocycles. The van der Waals surface area contributed by atoms with Gasteiger partial charge in [0.25, 0.3) is 0 Å². The minimum absolute atomic E-state index is 0.0119. The zero-order valence-corrected chi connectivity index (χ0v) is 15.5. The van der Waals surface area contributed by atoms with Crippen LogP contribution in [0.2, 0.25) is 0 Å². The second-order valence-electron chi connectivity index (χ2n) is 6.00. The van der Waals surface area contributed by atoms with Crippen molar-refractivity contribution in [2.24, 2.45) is 5.73 Å². The van der Waals surface area contributed by atoms with Gasteiger partial charge < -0.3 is 19.9 Å². The molecule has 1 unspecified atom stereocenters. The summed E-state index contributed by atoms with van der Waals surface area (Å²) in [5.41, 5.74) is 6.56. The summed E-state index contributed by atoms with van der Waals surface area (Å²) in [6.45, 7) is 6.09. The largest absolute Gasteiger partial charge is 0.459 e. The Hall–Kier alpha value is -3.60. The Balaban J connectivity index is 2.24. The molecule has 0 bridgehead atoms. The van der Waals surface area contributed by atoms with Crippen LogP contribution in [0.5, 0.6) is 0 Å². The molecule has 0 amide bonds. The van der Waals surface area contributed by atoms with Crippen molar-refractivity contribution in [1.82, 2.24) is 0 Å². The topological polar surface area (TPSA) is 112 Å². The number of esters is 2. The highest BCUT2D eigenvalue weighted by molar-refractivity contribution is 5.92. The van der Waals surface area contributed by atoms with Crippen LogP contribution in [0.1, 0.15) is 25.3 Å². The SMILES string of the molecule is C=C(C)C(=O)OCCOC(=O)C1=C(C)OC(N)=C(C#N)C1c1ccc(F)cc1. The van der Waals surface area contributed by atoms with Crippen LogP contribution in [-0.2, 0) is 23.8 Å². The number of halogens is 1. The molecule has 1 atom stereocenters. The number of nitrogens with zero attached hydrogens (tertiary/aromatic N) is 1. The Morgan fingerprint density at radius 2 is 1.89 bits per heavy atom. The van der Waals surface area contributed by atoms with Gasteiger partial charge in [-0.25, -0.2) is 14.0 Å². The molecule has 0 spiro atoms. The summed E-state index contributed by atoms with van der Waals surface area (Å²) in [6, 6.07) is 7.26. The predicted octanol–water partition coefficient (Wildman–Crippen LogP) is 2.57. The Morgan fingerprint density at radius 1 is 1.29 bits per heavy atom. The van der Waals surface area contributed by atoms with Crippen molar-refractivity contribution in [3.63, 3.8) is 0 Å². The highest BCUT2D eigenvalue weighted by Crippen LogP contribution is 2.39. The number of benzene rings is 1. The molecule has 2 rings (SSSR count). The maximum atomic E-state index is 13.3. The molecule has 7 nitrogen and oxygen atoms in total. The molecular weight excluding hydrogens is 367 g/mol. The van der Waals surface area contributed by atoms with Crippen LogP contribution >= 0.6 is 0 Å². The summed E-state index contributed by atoms with van der Waals surface area (Å²) >= 11 is 0. The van der Waals surface area contributed by atoms with Gasteiger partial charge in [-0.3, -0.25) is 0 Å². The van der Waals surface area contributed by atoms with Crippen molar-refractivity contribution >= 4 is 11.9 Å².